The average Bonchev–Trinajstić information content (AvgIpc) is 2.42. The zero-order valence-electron chi connectivity index (χ0n) is 11.9. The smallest absolute Gasteiger partial charge is 0.236 e. The molecule has 19 heavy (non-hydrogen) atoms. The van der Waals surface area contributed by atoms with Crippen molar-refractivity contribution in [1.82, 2.24) is 19.6 Å². The Morgan fingerprint density at radius 3 is 2.11 bits per heavy atom. The molecule has 2 aliphatic heterocycles. The summed E-state index contributed by atoms with van der Waals surface area (Å²) in [6, 6.07) is 0. The highest BCUT2D eigenvalue weighted by Gasteiger charge is 2.23. The van der Waals surface area contributed by atoms with Gasteiger partial charge in [0.15, 0.2) is 0 Å². The second kappa shape index (κ2) is 7.47. The number of piperazine rings is 2. The van der Waals surface area contributed by atoms with Gasteiger partial charge in [0.2, 0.25) is 5.91 Å². The SMILES string of the molecule is CN1CCN(C(=O)CN2CCN(CCS)CC2)CC1. The summed E-state index contributed by atoms with van der Waals surface area (Å²) in [6.45, 7) is 9.57. The maximum Gasteiger partial charge on any atom is 0.236 e. The van der Waals surface area contributed by atoms with Crippen LogP contribution >= 0.6 is 12.6 Å². The Kier molecular flexibility index (Phi) is 5.94. The summed E-state index contributed by atoms with van der Waals surface area (Å²) in [6.07, 6.45) is 0. The van der Waals surface area contributed by atoms with E-state index >= 15 is 0 Å². The molecule has 2 rings (SSSR count). The van der Waals surface area contributed by atoms with Crippen molar-refractivity contribution < 1.29 is 4.79 Å². The molecule has 2 fully saturated rings. The first-order valence-corrected chi connectivity index (χ1v) is 7.84. The van der Waals surface area contributed by atoms with Gasteiger partial charge in [-0.3, -0.25) is 14.6 Å². The fraction of sp³-hybridized carbons (Fsp3) is 0.923. The van der Waals surface area contributed by atoms with Gasteiger partial charge in [-0.1, -0.05) is 0 Å². The zero-order valence-corrected chi connectivity index (χ0v) is 12.8. The number of hydrogen-bond acceptors (Lipinski definition) is 5. The normalized spacial score (nSPS) is 23.8. The van der Waals surface area contributed by atoms with E-state index in [9.17, 15) is 4.79 Å². The van der Waals surface area contributed by atoms with Gasteiger partial charge in [-0.05, 0) is 7.05 Å². The van der Waals surface area contributed by atoms with Crippen LogP contribution in [0.4, 0.5) is 0 Å². The molecule has 2 aliphatic rings. The molecule has 6 heteroatoms. The lowest BCUT2D eigenvalue weighted by atomic mass is 10.3. The molecule has 2 heterocycles. The molecular weight excluding hydrogens is 260 g/mol. The molecule has 0 atom stereocenters. The van der Waals surface area contributed by atoms with Crippen LogP contribution in [0.2, 0.25) is 0 Å². The van der Waals surface area contributed by atoms with Crippen LogP contribution in [-0.4, -0.2) is 104 Å². The molecule has 0 spiro atoms. The van der Waals surface area contributed by atoms with E-state index in [2.05, 4.69) is 34.4 Å². The van der Waals surface area contributed by atoms with E-state index < -0.39 is 0 Å². The molecule has 5 nitrogen and oxygen atoms in total. The lowest BCUT2D eigenvalue weighted by Gasteiger charge is -2.37. The predicted octanol–water partition coefficient (Wildman–Crippen LogP) is -0.692. The number of amides is 1. The van der Waals surface area contributed by atoms with Gasteiger partial charge in [0, 0.05) is 64.7 Å². The molecule has 0 saturated carbocycles. The van der Waals surface area contributed by atoms with E-state index in [-0.39, 0.29) is 0 Å². The molecule has 0 radical (unpaired) electrons. The van der Waals surface area contributed by atoms with Crippen molar-refractivity contribution in [3.05, 3.63) is 0 Å². The molecule has 0 bridgehead atoms. The fourth-order valence-electron chi connectivity index (χ4n) is 2.66. The molecule has 0 aromatic rings. The second-order valence-electron chi connectivity index (χ2n) is 5.53. The first-order valence-electron chi connectivity index (χ1n) is 7.21. The number of carbonyl (C=O) groups is 1. The van der Waals surface area contributed by atoms with E-state index in [1.807, 2.05) is 4.90 Å². The topological polar surface area (TPSA) is 30.0 Å². The minimum Gasteiger partial charge on any atom is -0.339 e. The molecule has 0 unspecified atom stereocenters. The van der Waals surface area contributed by atoms with Crippen LogP contribution in [0.25, 0.3) is 0 Å². The van der Waals surface area contributed by atoms with Gasteiger partial charge in [-0.25, -0.2) is 0 Å². The third-order valence-electron chi connectivity index (χ3n) is 4.10. The third-order valence-corrected chi connectivity index (χ3v) is 4.30. The van der Waals surface area contributed by atoms with Crippen molar-refractivity contribution in [2.45, 2.75) is 0 Å². The highest BCUT2D eigenvalue weighted by Crippen LogP contribution is 2.05. The fourth-order valence-corrected chi connectivity index (χ4v) is 2.94. The molecule has 0 aromatic heterocycles. The molecule has 0 N–H and O–H groups in total. The van der Waals surface area contributed by atoms with Gasteiger partial charge in [0.05, 0.1) is 6.54 Å². The van der Waals surface area contributed by atoms with Gasteiger partial charge in [0.25, 0.3) is 0 Å². The first-order chi connectivity index (χ1) is 9.19. The van der Waals surface area contributed by atoms with Gasteiger partial charge >= 0.3 is 0 Å². The minimum atomic E-state index is 0.302. The second-order valence-corrected chi connectivity index (χ2v) is 5.97. The standard InChI is InChI=1S/C13H26N4OS/c1-14-2-8-17(9-3-14)13(18)12-16-6-4-15(5-7-16)10-11-19/h19H,2-12H2,1H3. The maximum absolute atomic E-state index is 12.2. The van der Waals surface area contributed by atoms with E-state index in [0.717, 1.165) is 64.7 Å². The van der Waals surface area contributed by atoms with Gasteiger partial charge in [0.1, 0.15) is 0 Å². The summed E-state index contributed by atoms with van der Waals surface area (Å²) in [7, 11) is 2.11. The zero-order chi connectivity index (χ0) is 13.7. The van der Waals surface area contributed by atoms with Gasteiger partial charge in [-0.15, -0.1) is 0 Å². The van der Waals surface area contributed by atoms with Crippen molar-refractivity contribution in [1.29, 1.82) is 0 Å². The molecule has 1 amide bonds. The summed E-state index contributed by atoms with van der Waals surface area (Å²) < 4.78 is 0. The predicted molar refractivity (Wildman–Crippen MR) is 80.8 cm³/mol. The third kappa shape index (κ3) is 4.63. The molecule has 0 aliphatic carbocycles. The van der Waals surface area contributed by atoms with E-state index in [1.165, 1.54) is 0 Å². The van der Waals surface area contributed by atoms with Crippen molar-refractivity contribution in [3.8, 4) is 0 Å². The Hall–Kier alpha value is -0.300. The molecule has 0 aromatic carbocycles. The Bertz CT molecular complexity index is 286. The van der Waals surface area contributed by atoms with E-state index in [0.29, 0.717) is 12.5 Å². The summed E-state index contributed by atoms with van der Waals surface area (Å²) in [5.74, 6) is 1.22. The van der Waals surface area contributed by atoms with Gasteiger partial charge < -0.3 is 9.80 Å². The number of likely N-dealkylation sites (N-methyl/N-ethyl adjacent to an activating group) is 1. The average molecular weight is 286 g/mol. The Labute approximate surface area is 121 Å². The van der Waals surface area contributed by atoms with E-state index in [4.69, 9.17) is 0 Å². The van der Waals surface area contributed by atoms with E-state index in [1.54, 1.807) is 0 Å². The first kappa shape index (κ1) is 15.1. The minimum absolute atomic E-state index is 0.302. The maximum atomic E-state index is 12.2. The lowest BCUT2D eigenvalue weighted by molar-refractivity contribution is -0.134. The van der Waals surface area contributed by atoms with Crippen LogP contribution in [0.3, 0.4) is 0 Å². The van der Waals surface area contributed by atoms with Crippen molar-refractivity contribution >= 4 is 18.5 Å². The monoisotopic (exact) mass is 286 g/mol. The quantitative estimate of drug-likeness (QED) is 0.693. The Balaban J connectivity index is 1.69. The van der Waals surface area contributed by atoms with Crippen molar-refractivity contribution in [2.75, 3.05) is 78.2 Å². The van der Waals surface area contributed by atoms with Crippen LogP contribution in [0.15, 0.2) is 0 Å². The van der Waals surface area contributed by atoms with Crippen molar-refractivity contribution in [2.24, 2.45) is 0 Å². The number of hydrogen-bond donors (Lipinski definition) is 1. The highest BCUT2D eigenvalue weighted by atomic mass is 32.1. The number of rotatable bonds is 4. The summed E-state index contributed by atoms with van der Waals surface area (Å²) in [4.78, 5) is 21.2. The Morgan fingerprint density at radius 1 is 0.947 bits per heavy atom. The lowest BCUT2D eigenvalue weighted by Crippen LogP contribution is -2.53. The number of nitrogens with zero attached hydrogens (tertiary/aromatic N) is 4. The number of carbonyl (C=O) groups excluding carboxylic acids is 1. The summed E-state index contributed by atoms with van der Waals surface area (Å²) in [5, 5.41) is 0. The summed E-state index contributed by atoms with van der Waals surface area (Å²) >= 11 is 4.27. The van der Waals surface area contributed by atoms with Gasteiger partial charge in [-0.2, -0.15) is 12.6 Å². The van der Waals surface area contributed by atoms with Crippen LogP contribution in [0.5, 0.6) is 0 Å². The van der Waals surface area contributed by atoms with Crippen LogP contribution in [0, 0.1) is 0 Å². The largest absolute Gasteiger partial charge is 0.339 e. The summed E-state index contributed by atoms with van der Waals surface area (Å²) in [5.41, 5.74) is 0. The number of thiol groups is 1. The van der Waals surface area contributed by atoms with Crippen LogP contribution in [0.1, 0.15) is 0 Å². The van der Waals surface area contributed by atoms with Crippen LogP contribution in [-0.2, 0) is 4.79 Å². The highest BCUT2D eigenvalue weighted by molar-refractivity contribution is 7.80. The molecule has 2 saturated heterocycles. The Morgan fingerprint density at radius 2 is 1.53 bits per heavy atom. The molecular formula is C13H26N4OS. The molecule has 110 valence electrons. The van der Waals surface area contributed by atoms with Crippen LogP contribution < -0.4 is 0 Å². The van der Waals surface area contributed by atoms with Crippen molar-refractivity contribution in [3.63, 3.8) is 0 Å².